The van der Waals surface area contributed by atoms with Crippen molar-refractivity contribution in [2.45, 2.75) is 45.6 Å². The summed E-state index contributed by atoms with van der Waals surface area (Å²) in [5.74, 6) is -0.190. The molecule has 1 aliphatic rings. The normalized spacial score (nSPS) is 13.7. The molecule has 1 aromatic heterocycles. The molecule has 1 aromatic carbocycles. The molecule has 0 saturated carbocycles. The second-order valence-electron chi connectivity index (χ2n) is 7.94. The summed E-state index contributed by atoms with van der Waals surface area (Å²) >= 11 is 0. The molecule has 0 spiro atoms. The van der Waals surface area contributed by atoms with E-state index in [1.165, 1.54) is 6.08 Å². The number of anilines is 2. The highest BCUT2D eigenvalue weighted by Crippen LogP contribution is 2.31. The Morgan fingerprint density at radius 3 is 2.78 bits per heavy atom. The van der Waals surface area contributed by atoms with Crippen molar-refractivity contribution in [2.75, 3.05) is 10.2 Å². The molecule has 0 saturated heterocycles. The van der Waals surface area contributed by atoms with Crippen LogP contribution in [-0.2, 0) is 35.0 Å². The van der Waals surface area contributed by atoms with Crippen LogP contribution in [0, 0.1) is 0 Å². The molecule has 142 valence electrons. The first-order valence-electron chi connectivity index (χ1n) is 9.09. The van der Waals surface area contributed by atoms with Gasteiger partial charge in [0.1, 0.15) is 0 Å². The molecule has 0 radical (unpaired) electrons. The summed E-state index contributed by atoms with van der Waals surface area (Å²) in [6.07, 6.45) is 4.47. The van der Waals surface area contributed by atoms with Crippen LogP contribution >= 0.6 is 0 Å². The van der Waals surface area contributed by atoms with Crippen LogP contribution in [0.2, 0.25) is 0 Å². The first-order chi connectivity index (χ1) is 12.7. The number of nitrogens with zero attached hydrogens (tertiary/aromatic N) is 3. The topological polar surface area (TPSA) is 67.2 Å². The second-order valence-corrected chi connectivity index (χ2v) is 7.94. The van der Waals surface area contributed by atoms with Gasteiger partial charge in [-0.3, -0.25) is 14.3 Å². The first-order valence-corrected chi connectivity index (χ1v) is 9.09. The standard InChI is InChI=1S/C21H26N4O2/c1-6-19(27)25(13-15-12-24(5)23-20(15)21(2,3)4)16-9-7-14-8-10-18(26)22-17(14)11-16/h6-7,9,11-12H,1,8,10,13H2,2-5H3,(H,22,26). The zero-order chi connectivity index (χ0) is 19.8. The van der Waals surface area contributed by atoms with Crippen LogP contribution in [0.3, 0.4) is 0 Å². The third-order valence-electron chi connectivity index (χ3n) is 4.68. The highest BCUT2D eigenvalue weighted by atomic mass is 16.2. The van der Waals surface area contributed by atoms with Gasteiger partial charge in [0, 0.05) is 42.0 Å². The number of hydrogen-bond donors (Lipinski definition) is 1. The molecule has 0 bridgehead atoms. The molecule has 6 nitrogen and oxygen atoms in total. The van der Waals surface area contributed by atoms with Gasteiger partial charge in [0.25, 0.3) is 5.91 Å². The Hall–Kier alpha value is -2.89. The number of benzene rings is 1. The number of hydrogen-bond acceptors (Lipinski definition) is 3. The highest BCUT2D eigenvalue weighted by molar-refractivity contribution is 6.02. The minimum Gasteiger partial charge on any atom is -0.326 e. The van der Waals surface area contributed by atoms with Crippen LogP contribution in [0.4, 0.5) is 11.4 Å². The molecule has 27 heavy (non-hydrogen) atoms. The van der Waals surface area contributed by atoms with Crippen molar-refractivity contribution in [3.63, 3.8) is 0 Å². The van der Waals surface area contributed by atoms with Gasteiger partial charge >= 0.3 is 0 Å². The predicted molar refractivity (Wildman–Crippen MR) is 107 cm³/mol. The van der Waals surface area contributed by atoms with Gasteiger partial charge in [0.2, 0.25) is 5.91 Å². The van der Waals surface area contributed by atoms with Gasteiger partial charge in [-0.05, 0) is 30.2 Å². The van der Waals surface area contributed by atoms with Crippen LogP contribution in [0.5, 0.6) is 0 Å². The fraction of sp³-hybridized carbons (Fsp3) is 0.381. The van der Waals surface area contributed by atoms with Crippen LogP contribution in [-0.4, -0.2) is 21.6 Å². The van der Waals surface area contributed by atoms with Gasteiger partial charge in [0.15, 0.2) is 0 Å². The fourth-order valence-electron chi connectivity index (χ4n) is 3.39. The molecular weight excluding hydrogens is 340 g/mol. The number of aromatic nitrogens is 2. The number of aryl methyl sites for hydroxylation is 2. The van der Waals surface area contributed by atoms with Crippen molar-refractivity contribution in [2.24, 2.45) is 7.05 Å². The van der Waals surface area contributed by atoms with E-state index in [2.05, 4.69) is 37.8 Å². The van der Waals surface area contributed by atoms with E-state index in [0.717, 1.165) is 28.2 Å². The lowest BCUT2D eigenvalue weighted by Gasteiger charge is -2.26. The highest BCUT2D eigenvalue weighted by Gasteiger charge is 2.25. The summed E-state index contributed by atoms with van der Waals surface area (Å²) in [5, 5.41) is 7.49. The van der Waals surface area contributed by atoms with E-state index in [1.54, 1.807) is 9.58 Å². The smallest absolute Gasteiger partial charge is 0.250 e. The Morgan fingerprint density at radius 1 is 1.37 bits per heavy atom. The van der Waals surface area contributed by atoms with Crippen LogP contribution < -0.4 is 10.2 Å². The van der Waals surface area contributed by atoms with Gasteiger partial charge in [0.05, 0.1) is 12.2 Å². The maximum absolute atomic E-state index is 12.6. The van der Waals surface area contributed by atoms with Gasteiger partial charge < -0.3 is 10.2 Å². The molecule has 0 aliphatic carbocycles. The van der Waals surface area contributed by atoms with Crippen molar-refractivity contribution in [3.8, 4) is 0 Å². The molecule has 2 aromatic rings. The molecule has 0 atom stereocenters. The number of amides is 2. The van der Waals surface area contributed by atoms with E-state index < -0.39 is 0 Å². The van der Waals surface area contributed by atoms with Crippen molar-refractivity contribution in [1.82, 2.24) is 9.78 Å². The van der Waals surface area contributed by atoms with Crippen LogP contribution in [0.25, 0.3) is 0 Å². The first kappa shape index (κ1) is 18.9. The van der Waals surface area contributed by atoms with Crippen molar-refractivity contribution < 1.29 is 9.59 Å². The Bertz CT molecular complexity index is 905. The lowest BCUT2D eigenvalue weighted by molar-refractivity contribution is -0.116. The molecule has 3 rings (SSSR count). The van der Waals surface area contributed by atoms with Crippen molar-refractivity contribution >= 4 is 23.2 Å². The Labute approximate surface area is 159 Å². The number of carbonyl (C=O) groups excluding carboxylic acids is 2. The van der Waals surface area contributed by atoms with E-state index in [4.69, 9.17) is 0 Å². The fourth-order valence-corrected chi connectivity index (χ4v) is 3.39. The summed E-state index contributed by atoms with van der Waals surface area (Å²) in [6, 6.07) is 5.76. The van der Waals surface area contributed by atoms with Crippen LogP contribution in [0.1, 0.15) is 44.0 Å². The summed E-state index contributed by atoms with van der Waals surface area (Å²) in [4.78, 5) is 26.0. The number of carbonyl (C=O) groups is 2. The average molecular weight is 366 g/mol. The van der Waals surface area contributed by atoms with Gasteiger partial charge in [-0.1, -0.05) is 33.4 Å². The lowest BCUT2D eigenvalue weighted by atomic mass is 9.89. The Balaban J connectivity index is 1.99. The third kappa shape index (κ3) is 3.94. The zero-order valence-electron chi connectivity index (χ0n) is 16.4. The number of fused-ring (bicyclic) bond motifs is 1. The minimum absolute atomic E-state index is 0.00326. The maximum Gasteiger partial charge on any atom is 0.250 e. The lowest BCUT2D eigenvalue weighted by Crippen LogP contribution is -2.30. The van der Waals surface area contributed by atoms with E-state index in [-0.39, 0.29) is 17.2 Å². The molecule has 1 aliphatic heterocycles. The monoisotopic (exact) mass is 366 g/mol. The van der Waals surface area contributed by atoms with Crippen molar-refractivity contribution in [3.05, 3.63) is 53.9 Å². The third-order valence-corrected chi connectivity index (χ3v) is 4.68. The number of nitrogens with one attached hydrogen (secondary N) is 1. The molecular formula is C21H26N4O2. The van der Waals surface area contributed by atoms with Gasteiger partial charge in [-0.15, -0.1) is 0 Å². The predicted octanol–water partition coefficient (Wildman–Crippen LogP) is 3.32. The molecule has 1 N–H and O–H groups in total. The molecule has 2 heterocycles. The van der Waals surface area contributed by atoms with E-state index in [1.807, 2.05) is 31.4 Å². The summed E-state index contributed by atoms with van der Waals surface area (Å²) in [6.45, 7) is 10.3. The largest absolute Gasteiger partial charge is 0.326 e. The molecule has 0 unspecified atom stereocenters. The molecule has 6 heteroatoms. The molecule has 2 amide bonds. The quantitative estimate of drug-likeness (QED) is 0.844. The average Bonchev–Trinajstić information content (AvgIpc) is 2.99. The SMILES string of the molecule is C=CC(=O)N(Cc1cn(C)nc1C(C)(C)C)c1ccc2c(c1)NC(=O)CC2. The number of rotatable bonds is 4. The van der Waals surface area contributed by atoms with E-state index >= 15 is 0 Å². The van der Waals surface area contributed by atoms with Gasteiger partial charge in [-0.2, -0.15) is 5.10 Å². The Kier molecular flexibility index (Phi) is 4.91. The van der Waals surface area contributed by atoms with Crippen LogP contribution in [0.15, 0.2) is 37.1 Å². The van der Waals surface area contributed by atoms with Crippen molar-refractivity contribution in [1.29, 1.82) is 0 Å². The Morgan fingerprint density at radius 2 is 2.11 bits per heavy atom. The maximum atomic E-state index is 12.6. The second kappa shape index (κ2) is 7.02. The summed E-state index contributed by atoms with van der Waals surface area (Å²) in [7, 11) is 1.88. The molecule has 0 fully saturated rings. The van der Waals surface area contributed by atoms with Gasteiger partial charge in [-0.25, -0.2) is 0 Å². The van der Waals surface area contributed by atoms with E-state index in [0.29, 0.717) is 19.4 Å². The summed E-state index contributed by atoms with van der Waals surface area (Å²) in [5.41, 5.74) is 4.39. The zero-order valence-corrected chi connectivity index (χ0v) is 16.4. The minimum atomic E-state index is -0.194. The van der Waals surface area contributed by atoms with E-state index in [9.17, 15) is 9.59 Å². The summed E-state index contributed by atoms with van der Waals surface area (Å²) < 4.78 is 1.78.